The Morgan fingerprint density at radius 1 is 1.19 bits per heavy atom. The minimum Gasteiger partial charge on any atom is -0.493 e. The standard InChI is InChI=1S/C19H16Cl2N2O3/c1-2-26-18-11(10-24)9-22-17-12(18)5-3-8-15(17)23-19(25)16-13(20)6-4-7-14(16)21/h3-9,24H,2,10H2,1H3,(H,23,25). The molecule has 0 unspecified atom stereocenters. The molecule has 0 atom stereocenters. The predicted octanol–water partition coefficient (Wildman–Crippen LogP) is 4.68. The number of aliphatic hydroxyl groups is 1. The van der Waals surface area contributed by atoms with Crippen molar-refractivity contribution in [2.24, 2.45) is 0 Å². The average molecular weight is 391 g/mol. The number of anilines is 1. The first-order chi connectivity index (χ1) is 12.6. The Morgan fingerprint density at radius 2 is 1.88 bits per heavy atom. The minimum absolute atomic E-state index is 0.190. The van der Waals surface area contributed by atoms with E-state index in [4.69, 9.17) is 27.9 Å². The van der Waals surface area contributed by atoms with Crippen LogP contribution in [-0.2, 0) is 6.61 Å². The van der Waals surface area contributed by atoms with Crippen molar-refractivity contribution >= 4 is 45.7 Å². The van der Waals surface area contributed by atoms with Crippen molar-refractivity contribution in [3.8, 4) is 5.75 Å². The van der Waals surface area contributed by atoms with Gasteiger partial charge in [-0.15, -0.1) is 0 Å². The van der Waals surface area contributed by atoms with Crippen LogP contribution in [0.25, 0.3) is 10.9 Å². The fraction of sp³-hybridized carbons (Fsp3) is 0.158. The number of halogens is 2. The third-order valence-corrected chi connectivity index (χ3v) is 4.45. The Kier molecular flexibility index (Phi) is 5.61. The van der Waals surface area contributed by atoms with E-state index in [2.05, 4.69) is 10.3 Å². The Hall–Kier alpha value is -2.34. The molecule has 0 spiro atoms. The molecule has 0 fully saturated rings. The molecule has 0 saturated carbocycles. The average Bonchev–Trinajstić information content (AvgIpc) is 2.62. The second kappa shape index (κ2) is 7.91. The largest absolute Gasteiger partial charge is 0.493 e. The number of amides is 1. The van der Waals surface area contributed by atoms with Crippen LogP contribution in [0.3, 0.4) is 0 Å². The topological polar surface area (TPSA) is 71.5 Å². The summed E-state index contributed by atoms with van der Waals surface area (Å²) in [6, 6.07) is 10.2. The zero-order valence-corrected chi connectivity index (χ0v) is 15.4. The van der Waals surface area contributed by atoms with Crippen LogP contribution in [0.1, 0.15) is 22.8 Å². The third-order valence-electron chi connectivity index (χ3n) is 3.82. The molecular formula is C19H16Cl2N2O3. The van der Waals surface area contributed by atoms with Crippen LogP contribution in [0, 0.1) is 0 Å². The molecule has 3 aromatic rings. The lowest BCUT2D eigenvalue weighted by Crippen LogP contribution is -2.14. The van der Waals surface area contributed by atoms with Crippen molar-refractivity contribution in [3.05, 3.63) is 63.8 Å². The highest BCUT2D eigenvalue weighted by Gasteiger charge is 2.17. The number of hydrogen-bond acceptors (Lipinski definition) is 4. The van der Waals surface area contributed by atoms with E-state index < -0.39 is 5.91 Å². The summed E-state index contributed by atoms with van der Waals surface area (Å²) in [7, 11) is 0. The van der Waals surface area contributed by atoms with Gasteiger partial charge >= 0.3 is 0 Å². The Bertz CT molecular complexity index is 956. The Morgan fingerprint density at radius 3 is 2.54 bits per heavy atom. The molecule has 0 radical (unpaired) electrons. The summed E-state index contributed by atoms with van der Waals surface area (Å²) in [6.07, 6.45) is 1.53. The molecule has 7 heteroatoms. The first-order valence-corrected chi connectivity index (χ1v) is 8.72. The molecule has 0 saturated heterocycles. The van der Waals surface area contributed by atoms with Gasteiger partial charge in [0.05, 0.1) is 40.0 Å². The van der Waals surface area contributed by atoms with Gasteiger partial charge in [0.2, 0.25) is 0 Å². The van der Waals surface area contributed by atoms with E-state index in [-0.39, 0.29) is 22.2 Å². The van der Waals surface area contributed by atoms with Gasteiger partial charge in [0.15, 0.2) is 0 Å². The minimum atomic E-state index is -0.431. The van der Waals surface area contributed by atoms with Gasteiger partial charge in [-0.05, 0) is 31.2 Å². The van der Waals surface area contributed by atoms with Crippen LogP contribution in [0.5, 0.6) is 5.75 Å². The van der Waals surface area contributed by atoms with Crippen molar-refractivity contribution in [1.29, 1.82) is 0 Å². The number of aliphatic hydroxyl groups excluding tert-OH is 1. The van der Waals surface area contributed by atoms with Gasteiger partial charge in [0.25, 0.3) is 5.91 Å². The van der Waals surface area contributed by atoms with Crippen molar-refractivity contribution in [2.45, 2.75) is 13.5 Å². The molecular weight excluding hydrogens is 375 g/mol. The summed E-state index contributed by atoms with van der Waals surface area (Å²) in [5.41, 5.74) is 1.82. The van der Waals surface area contributed by atoms with Gasteiger partial charge in [-0.25, -0.2) is 0 Å². The predicted molar refractivity (Wildman–Crippen MR) is 103 cm³/mol. The normalized spacial score (nSPS) is 10.8. The highest BCUT2D eigenvalue weighted by Crippen LogP contribution is 2.33. The third kappa shape index (κ3) is 3.46. The number of aromatic nitrogens is 1. The van der Waals surface area contributed by atoms with Crippen molar-refractivity contribution < 1.29 is 14.6 Å². The van der Waals surface area contributed by atoms with E-state index in [1.807, 2.05) is 13.0 Å². The number of ether oxygens (including phenoxy) is 1. The maximum Gasteiger partial charge on any atom is 0.258 e. The van der Waals surface area contributed by atoms with Crippen molar-refractivity contribution in [3.63, 3.8) is 0 Å². The van der Waals surface area contributed by atoms with Gasteiger partial charge in [0, 0.05) is 17.1 Å². The molecule has 5 nitrogen and oxygen atoms in total. The molecule has 0 bridgehead atoms. The molecule has 2 aromatic carbocycles. The van der Waals surface area contributed by atoms with Crippen LogP contribution in [0.4, 0.5) is 5.69 Å². The number of fused-ring (bicyclic) bond motifs is 1. The number of carbonyl (C=O) groups is 1. The molecule has 0 aliphatic carbocycles. The number of rotatable bonds is 5. The summed E-state index contributed by atoms with van der Waals surface area (Å²) in [4.78, 5) is 17.0. The SMILES string of the molecule is CCOc1c(CO)cnc2c(NC(=O)c3c(Cl)cccc3Cl)cccc12. The monoisotopic (exact) mass is 390 g/mol. The van der Waals surface area contributed by atoms with Crippen LogP contribution in [-0.4, -0.2) is 22.6 Å². The molecule has 1 heterocycles. The fourth-order valence-electron chi connectivity index (χ4n) is 2.67. The maximum absolute atomic E-state index is 12.7. The Labute approximate surface area is 160 Å². The number of nitrogens with zero attached hydrogens (tertiary/aromatic N) is 1. The molecule has 3 rings (SSSR count). The molecule has 1 aromatic heterocycles. The highest BCUT2D eigenvalue weighted by molar-refractivity contribution is 6.40. The summed E-state index contributed by atoms with van der Waals surface area (Å²) in [5, 5.41) is 13.5. The van der Waals surface area contributed by atoms with Crippen LogP contribution >= 0.6 is 23.2 Å². The van der Waals surface area contributed by atoms with Crippen LogP contribution in [0.15, 0.2) is 42.6 Å². The van der Waals surface area contributed by atoms with E-state index in [9.17, 15) is 9.90 Å². The van der Waals surface area contributed by atoms with E-state index in [1.165, 1.54) is 6.20 Å². The number of carbonyl (C=O) groups excluding carboxylic acids is 1. The number of nitrogens with one attached hydrogen (secondary N) is 1. The van der Waals surface area contributed by atoms with Crippen molar-refractivity contribution in [2.75, 3.05) is 11.9 Å². The first kappa shape index (κ1) is 18.5. The number of benzene rings is 2. The van der Waals surface area contributed by atoms with E-state index >= 15 is 0 Å². The van der Waals surface area contributed by atoms with Crippen molar-refractivity contribution in [1.82, 2.24) is 4.98 Å². The smallest absolute Gasteiger partial charge is 0.258 e. The van der Waals surface area contributed by atoms with Crippen LogP contribution < -0.4 is 10.1 Å². The first-order valence-electron chi connectivity index (χ1n) is 7.96. The fourth-order valence-corrected chi connectivity index (χ4v) is 3.24. The number of hydrogen-bond donors (Lipinski definition) is 2. The molecule has 2 N–H and O–H groups in total. The molecule has 26 heavy (non-hydrogen) atoms. The number of pyridine rings is 1. The van der Waals surface area contributed by atoms with Gasteiger partial charge in [-0.2, -0.15) is 0 Å². The summed E-state index contributed by atoms with van der Waals surface area (Å²) in [6.45, 7) is 2.11. The lowest BCUT2D eigenvalue weighted by Gasteiger charge is -2.14. The lowest BCUT2D eigenvalue weighted by atomic mass is 10.1. The van der Waals surface area contributed by atoms with Gasteiger partial charge in [-0.1, -0.05) is 35.3 Å². The van der Waals surface area contributed by atoms with E-state index in [0.717, 1.165) is 0 Å². The molecule has 1 amide bonds. The maximum atomic E-state index is 12.7. The molecule has 0 aliphatic heterocycles. The lowest BCUT2D eigenvalue weighted by molar-refractivity contribution is 0.102. The van der Waals surface area contributed by atoms with E-state index in [0.29, 0.717) is 34.5 Å². The second-order valence-corrected chi connectivity index (χ2v) is 6.27. The zero-order chi connectivity index (χ0) is 18.7. The summed E-state index contributed by atoms with van der Waals surface area (Å²) < 4.78 is 5.67. The van der Waals surface area contributed by atoms with Gasteiger partial charge < -0.3 is 15.2 Å². The molecule has 0 aliphatic rings. The summed E-state index contributed by atoms with van der Waals surface area (Å²) >= 11 is 12.2. The van der Waals surface area contributed by atoms with Gasteiger partial charge in [0.1, 0.15) is 5.75 Å². The zero-order valence-electron chi connectivity index (χ0n) is 13.9. The summed E-state index contributed by atoms with van der Waals surface area (Å²) in [5.74, 6) is 0.117. The van der Waals surface area contributed by atoms with Gasteiger partial charge in [-0.3, -0.25) is 9.78 Å². The van der Waals surface area contributed by atoms with Crippen LogP contribution in [0.2, 0.25) is 10.0 Å². The molecule has 134 valence electrons. The highest BCUT2D eigenvalue weighted by atomic mass is 35.5. The quantitative estimate of drug-likeness (QED) is 0.662. The Balaban J connectivity index is 2.06. The second-order valence-electron chi connectivity index (χ2n) is 5.46. The van der Waals surface area contributed by atoms with E-state index in [1.54, 1.807) is 30.3 Å². The number of para-hydroxylation sites is 1.